The number of ether oxygens (including phenoxy) is 1. The topological polar surface area (TPSA) is 52.3 Å². The third kappa shape index (κ3) is 2.09. The highest BCUT2D eigenvalue weighted by Crippen LogP contribution is 2.17. The average Bonchev–Trinajstić information content (AvgIpc) is 2.15. The predicted octanol–water partition coefficient (Wildman–Crippen LogP) is 1.31. The van der Waals surface area contributed by atoms with Crippen molar-refractivity contribution in [3.8, 4) is 0 Å². The molecular formula is C10H12FNO2. The van der Waals surface area contributed by atoms with Crippen LogP contribution in [0.5, 0.6) is 0 Å². The number of hydrogen-bond acceptors (Lipinski definition) is 3. The second-order valence-corrected chi connectivity index (χ2v) is 3.03. The van der Waals surface area contributed by atoms with Crippen LogP contribution in [-0.4, -0.2) is 13.1 Å². The van der Waals surface area contributed by atoms with Gasteiger partial charge < -0.3 is 10.5 Å². The van der Waals surface area contributed by atoms with Crippen LogP contribution in [0.1, 0.15) is 17.2 Å². The van der Waals surface area contributed by atoms with Gasteiger partial charge in [0.25, 0.3) is 0 Å². The van der Waals surface area contributed by atoms with Gasteiger partial charge in [-0.3, -0.25) is 4.79 Å². The fraction of sp³-hybridized carbons (Fsp3) is 0.300. The number of esters is 1. The van der Waals surface area contributed by atoms with Gasteiger partial charge in [0.1, 0.15) is 11.9 Å². The first kappa shape index (κ1) is 10.7. The van der Waals surface area contributed by atoms with Gasteiger partial charge in [0, 0.05) is 5.56 Å². The molecular weight excluding hydrogens is 185 g/mol. The van der Waals surface area contributed by atoms with Crippen LogP contribution in [0.4, 0.5) is 4.39 Å². The molecule has 1 aromatic carbocycles. The van der Waals surface area contributed by atoms with Gasteiger partial charge >= 0.3 is 5.97 Å². The maximum absolute atomic E-state index is 13.3. The van der Waals surface area contributed by atoms with Gasteiger partial charge in [0.05, 0.1) is 7.11 Å². The van der Waals surface area contributed by atoms with Gasteiger partial charge in [0.15, 0.2) is 0 Å². The summed E-state index contributed by atoms with van der Waals surface area (Å²) in [5, 5.41) is 0. The zero-order valence-corrected chi connectivity index (χ0v) is 8.08. The van der Waals surface area contributed by atoms with Crippen LogP contribution in [0.15, 0.2) is 18.2 Å². The first-order valence-corrected chi connectivity index (χ1v) is 4.15. The fourth-order valence-electron chi connectivity index (χ4n) is 1.14. The summed E-state index contributed by atoms with van der Waals surface area (Å²) in [5.41, 5.74) is 6.42. The van der Waals surface area contributed by atoms with E-state index in [0.717, 1.165) is 5.56 Å². The maximum Gasteiger partial charge on any atom is 0.327 e. The summed E-state index contributed by atoms with van der Waals surface area (Å²) < 4.78 is 17.7. The van der Waals surface area contributed by atoms with Gasteiger partial charge in [-0.15, -0.1) is 0 Å². The van der Waals surface area contributed by atoms with Crippen molar-refractivity contribution in [1.29, 1.82) is 0 Å². The van der Waals surface area contributed by atoms with E-state index in [-0.39, 0.29) is 5.56 Å². The first-order chi connectivity index (χ1) is 6.56. The van der Waals surface area contributed by atoms with E-state index in [1.807, 2.05) is 0 Å². The zero-order chi connectivity index (χ0) is 10.7. The van der Waals surface area contributed by atoms with Crippen molar-refractivity contribution < 1.29 is 13.9 Å². The molecule has 1 rings (SSSR count). The average molecular weight is 197 g/mol. The van der Waals surface area contributed by atoms with E-state index in [1.54, 1.807) is 13.0 Å². The Kier molecular flexibility index (Phi) is 3.19. The molecule has 0 amide bonds. The Bertz CT molecular complexity index is 352. The molecule has 0 aliphatic carbocycles. The lowest BCUT2D eigenvalue weighted by Crippen LogP contribution is -2.23. The third-order valence-corrected chi connectivity index (χ3v) is 1.95. The molecule has 0 heterocycles. The largest absolute Gasteiger partial charge is 0.468 e. The second kappa shape index (κ2) is 4.19. The summed E-state index contributed by atoms with van der Waals surface area (Å²) in [7, 11) is 1.22. The second-order valence-electron chi connectivity index (χ2n) is 3.03. The molecule has 0 aliphatic rings. The summed E-state index contributed by atoms with van der Waals surface area (Å²) in [6.45, 7) is 1.76. The first-order valence-electron chi connectivity index (χ1n) is 4.15. The Morgan fingerprint density at radius 2 is 2.21 bits per heavy atom. The van der Waals surface area contributed by atoms with E-state index in [4.69, 9.17) is 5.73 Å². The Morgan fingerprint density at radius 3 is 2.71 bits per heavy atom. The maximum atomic E-state index is 13.3. The smallest absolute Gasteiger partial charge is 0.327 e. The minimum absolute atomic E-state index is 0.155. The summed E-state index contributed by atoms with van der Waals surface area (Å²) in [5.74, 6) is -1.13. The van der Waals surface area contributed by atoms with Gasteiger partial charge in [0.2, 0.25) is 0 Å². The van der Waals surface area contributed by atoms with Crippen molar-refractivity contribution in [3.63, 3.8) is 0 Å². The van der Waals surface area contributed by atoms with Crippen molar-refractivity contribution in [2.45, 2.75) is 13.0 Å². The molecule has 1 atom stereocenters. The Morgan fingerprint density at radius 1 is 1.57 bits per heavy atom. The molecule has 0 unspecified atom stereocenters. The molecule has 0 saturated carbocycles. The number of carbonyl (C=O) groups excluding carboxylic acids is 1. The quantitative estimate of drug-likeness (QED) is 0.727. The highest BCUT2D eigenvalue weighted by Gasteiger charge is 2.19. The van der Waals surface area contributed by atoms with Gasteiger partial charge in [-0.1, -0.05) is 12.1 Å². The van der Waals surface area contributed by atoms with Crippen LogP contribution in [0, 0.1) is 12.7 Å². The van der Waals surface area contributed by atoms with E-state index in [1.165, 1.54) is 19.2 Å². The number of halogens is 1. The number of hydrogen-bond donors (Lipinski definition) is 1. The summed E-state index contributed by atoms with van der Waals surface area (Å²) in [6, 6.07) is 3.46. The standard InChI is InChI=1S/C10H12FNO2/c1-6-3-4-7(8(11)5-6)9(12)10(13)14-2/h3-5,9H,12H2,1-2H3/t9-/m0/s1. The van der Waals surface area contributed by atoms with Crippen molar-refractivity contribution in [3.05, 3.63) is 35.1 Å². The molecule has 76 valence electrons. The Hall–Kier alpha value is -1.42. The monoisotopic (exact) mass is 197 g/mol. The van der Waals surface area contributed by atoms with Crippen molar-refractivity contribution in [1.82, 2.24) is 0 Å². The fourth-order valence-corrected chi connectivity index (χ4v) is 1.14. The molecule has 0 aromatic heterocycles. The molecule has 2 N–H and O–H groups in total. The molecule has 4 heteroatoms. The predicted molar refractivity (Wildman–Crippen MR) is 50.1 cm³/mol. The SMILES string of the molecule is COC(=O)[C@@H](N)c1ccc(C)cc1F. The Labute approximate surface area is 81.7 Å². The Balaban J connectivity index is 3.01. The number of benzene rings is 1. The van der Waals surface area contributed by atoms with E-state index in [0.29, 0.717) is 0 Å². The highest BCUT2D eigenvalue weighted by atomic mass is 19.1. The van der Waals surface area contributed by atoms with Crippen LogP contribution in [0.3, 0.4) is 0 Å². The van der Waals surface area contributed by atoms with E-state index in [9.17, 15) is 9.18 Å². The summed E-state index contributed by atoms with van der Waals surface area (Å²) >= 11 is 0. The van der Waals surface area contributed by atoms with Crippen molar-refractivity contribution in [2.24, 2.45) is 5.73 Å². The van der Waals surface area contributed by atoms with Crippen LogP contribution < -0.4 is 5.73 Å². The molecule has 0 saturated heterocycles. The lowest BCUT2D eigenvalue weighted by Gasteiger charge is -2.10. The minimum Gasteiger partial charge on any atom is -0.468 e. The van der Waals surface area contributed by atoms with Gasteiger partial charge in [-0.25, -0.2) is 4.39 Å². The highest BCUT2D eigenvalue weighted by molar-refractivity contribution is 5.77. The lowest BCUT2D eigenvalue weighted by molar-refractivity contribution is -0.142. The molecule has 1 aromatic rings. The number of carbonyl (C=O) groups is 1. The van der Waals surface area contributed by atoms with E-state index in [2.05, 4.69) is 4.74 Å². The van der Waals surface area contributed by atoms with E-state index < -0.39 is 17.8 Å². The molecule has 0 aliphatic heterocycles. The van der Waals surface area contributed by atoms with Gasteiger partial charge in [-0.2, -0.15) is 0 Å². The van der Waals surface area contributed by atoms with Crippen LogP contribution in [-0.2, 0) is 9.53 Å². The van der Waals surface area contributed by atoms with Crippen LogP contribution in [0.25, 0.3) is 0 Å². The number of nitrogens with two attached hydrogens (primary N) is 1. The third-order valence-electron chi connectivity index (χ3n) is 1.95. The molecule has 0 radical (unpaired) electrons. The zero-order valence-electron chi connectivity index (χ0n) is 8.08. The minimum atomic E-state index is -1.06. The summed E-state index contributed by atoms with van der Waals surface area (Å²) in [6.07, 6.45) is 0. The molecule has 0 bridgehead atoms. The molecule has 14 heavy (non-hydrogen) atoms. The van der Waals surface area contributed by atoms with Crippen molar-refractivity contribution in [2.75, 3.05) is 7.11 Å². The van der Waals surface area contributed by atoms with Crippen LogP contribution in [0.2, 0.25) is 0 Å². The number of rotatable bonds is 2. The molecule has 0 spiro atoms. The molecule has 0 fully saturated rings. The normalized spacial score (nSPS) is 12.3. The number of methoxy groups -OCH3 is 1. The number of aryl methyl sites for hydroxylation is 1. The summed E-state index contributed by atoms with van der Waals surface area (Å²) in [4.78, 5) is 11.0. The van der Waals surface area contributed by atoms with Crippen molar-refractivity contribution >= 4 is 5.97 Å². The van der Waals surface area contributed by atoms with Crippen LogP contribution >= 0.6 is 0 Å². The lowest BCUT2D eigenvalue weighted by atomic mass is 10.1. The molecule has 3 nitrogen and oxygen atoms in total. The van der Waals surface area contributed by atoms with Gasteiger partial charge in [-0.05, 0) is 18.6 Å². The van der Waals surface area contributed by atoms with E-state index >= 15 is 0 Å².